The van der Waals surface area contributed by atoms with Crippen LogP contribution in [0.15, 0.2) is 78.9 Å². The van der Waals surface area contributed by atoms with Crippen molar-refractivity contribution in [2.75, 3.05) is 13.2 Å². The maximum Gasteiger partial charge on any atom is 0.339 e. The summed E-state index contributed by atoms with van der Waals surface area (Å²) in [5.41, 5.74) is 6.39. The van der Waals surface area contributed by atoms with Crippen LogP contribution in [0, 0.1) is 6.92 Å². The van der Waals surface area contributed by atoms with E-state index in [9.17, 15) is 9.59 Å². The average molecular weight is 439 g/mol. The van der Waals surface area contributed by atoms with Gasteiger partial charge < -0.3 is 9.47 Å². The molecule has 0 radical (unpaired) electrons. The van der Waals surface area contributed by atoms with Crippen molar-refractivity contribution in [3.63, 3.8) is 0 Å². The van der Waals surface area contributed by atoms with Crippen molar-refractivity contribution >= 4 is 11.9 Å². The van der Waals surface area contributed by atoms with Crippen molar-refractivity contribution in [3.8, 4) is 33.4 Å². The number of esters is 2. The summed E-state index contributed by atoms with van der Waals surface area (Å²) >= 11 is 0. The standard InChI is InChI=1S/C29H26O4/c1-4-32-28(30)24-19(3)25(29(31)33-5-2)27-23(21-15-10-7-11-16-21)18-12-17-22(26(24)27)20-13-8-6-9-14-20/h6-18H,4-5H2,1-3H3. The van der Waals surface area contributed by atoms with E-state index in [0.29, 0.717) is 27.8 Å². The molecule has 0 fully saturated rings. The van der Waals surface area contributed by atoms with Crippen LogP contribution in [-0.4, -0.2) is 25.2 Å². The fraction of sp³-hybridized carbons (Fsp3) is 0.172. The van der Waals surface area contributed by atoms with Gasteiger partial charge >= 0.3 is 11.9 Å². The predicted molar refractivity (Wildman–Crippen MR) is 131 cm³/mol. The third-order valence-corrected chi connectivity index (χ3v) is 5.69. The summed E-state index contributed by atoms with van der Waals surface area (Å²) in [6.07, 6.45) is 0. The lowest BCUT2D eigenvalue weighted by Gasteiger charge is -2.12. The molecular formula is C29H26O4. The summed E-state index contributed by atoms with van der Waals surface area (Å²) < 4.78 is 10.9. The highest BCUT2D eigenvalue weighted by atomic mass is 16.5. The molecule has 0 N–H and O–H groups in total. The van der Waals surface area contributed by atoms with Gasteiger partial charge in [-0.15, -0.1) is 0 Å². The molecule has 2 aromatic carbocycles. The first-order valence-corrected chi connectivity index (χ1v) is 11.1. The predicted octanol–water partition coefficient (Wildman–Crippen LogP) is 6.79. The van der Waals surface area contributed by atoms with E-state index in [4.69, 9.17) is 9.47 Å². The number of hydrogen-bond acceptors (Lipinski definition) is 4. The molecule has 0 bridgehead atoms. The lowest BCUT2D eigenvalue weighted by molar-refractivity contribution is 0.0525. The molecule has 4 heteroatoms. The summed E-state index contributed by atoms with van der Waals surface area (Å²) in [7, 11) is 0. The van der Waals surface area contributed by atoms with Crippen LogP contribution in [0.2, 0.25) is 0 Å². The second kappa shape index (κ2) is 9.70. The quantitative estimate of drug-likeness (QED) is 0.311. The van der Waals surface area contributed by atoms with Gasteiger partial charge in [-0.3, -0.25) is 0 Å². The molecule has 0 aliphatic heterocycles. The molecule has 0 unspecified atom stereocenters. The Kier molecular flexibility index (Phi) is 6.55. The van der Waals surface area contributed by atoms with Crippen molar-refractivity contribution in [1.82, 2.24) is 0 Å². The van der Waals surface area contributed by atoms with Gasteiger partial charge in [0.1, 0.15) is 0 Å². The Hall–Kier alpha value is -3.92. The number of hydrogen-bond donors (Lipinski definition) is 0. The Balaban J connectivity index is 2.17. The highest BCUT2D eigenvalue weighted by molar-refractivity contribution is 6.16. The summed E-state index contributed by atoms with van der Waals surface area (Å²) in [6, 6.07) is 25.7. The topological polar surface area (TPSA) is 52.6 Å². The summed E-state index contributed by atoms with van der Waals surface area (Å²) in [5.74, 6) is -0.893. The van der Waals surface area contributed by atoms with Crippen LogP contribution in [0.5, 0.6) is 0 Å². The van der Waals surface area contributed by atoms with Gasteiger partial charge in [0.05, 0.1) is 24.3 Å². The second-order valence-corrected chi connectivity index (χ2v) is 7.65. The Morgan fingerprint density at radius 3 is 1.36 bits per heavy atom. The van der Waals surface area contributed by atoms with Crippen molar-refractivity contribution < 1.29 is 19.1 Å². The van der Waals surface area contributed by atoms with Crippen molar-refractivity contribution in [2.45, 2.75) is 20.8 Å². The van der Waals surface area contributed by atoms with Gasteiger partial charge in [0.15, 0.2) is 0 Å². The molecule has 166 valence electrons. The normalized spacial score (nSPS) is 10.8. The summed E-state index contributed by atoms with van der Waals surface area (Å²) in [5, 5.41) is 0. The van der Waals surface area contributed by atoms with E-state index in [-0.39, 0.29) is 13.2 Å². The van der Waals surface area contributed by atoms with E-state index in [1.807, 2.05) is 78.9 Å². The molecule has 0 heterocycles. The van der Waals surface area contributed by atoms with Crippen molar-refractivity contribution in [2.24, 2.45) is 0 Å². The molecule has 0 saturated heterocycles. The van der Waals surface area contributed by atoms with Gasteiger partial charge in [-0.25, -0.2) is 9.59 Å². The Labute approximate surface area is 194 Å². The van der Waals surface area contributed by atoms with Crippen LogP contribution < -0.4 is 0 Å². The largest absolute Gasteiger partial charge is 0.462 e. The number of ether oxygens (including phenoxy) is 2. The van der Waals surface area contributed by atoms with Gasteiger partial charge in [0, 0.05) is 11.1 Å². The van der Waals surface area contributed by atoms with Gasteiger partial charge in [0.25, 0.3) is 0 Å². The minimum absolute atomic E-state index is 0.241. The maximum absolute atomic E-state index is 13.2. The summed E-state index contributed by atoms with van der Waals surface area (Å²) in [4.78, 5) is 26.5. The van der Waals surface area contributed by atoms with Crippen molar-refractivity contribution in [1.29, 1.82) is 0 Å². The third-order valence-electron chi connectivity index (χ3n) is 5.69. The molecule has 33 heavy (non-hydrogen) atoms. The number of carbonyl (C=O) groups is 2. The molecule has 4 rings (SSSR count). The van der Waals surface area contributed by atoms with E-state index < -0.39 is 11.9 Å². The average Bonchev–Trinajstić information content (AvgIpc) is 3.00. The molecule has 0 atom stereocenters. The molecule has 2 aliphatic rings. The van der Waals surface area contributed by atoms with Gasteiger partial charge in [-0.05, 0) is 48.6 Å². The third kappa shape index (κ3) is 4.12. The maximum atomic E-state index is 13.2. The Morgan fingerprint density at radius 1 is 0.606 bits per heavy atom. The van der Waals surface area contributed by atoms with Gasteiger partial charge in [0.2, 0.25) is 0 Å². The first-order chi connectivity index (χ1) is 16.1. The van der Waals surface area contributed by atoms with Crippen LogP contribution in [0.25, 0.3) is 33.4 Å². The molecule has 0 spiro atoms. The monoisotopic (exact) mass is 438 g/mol. The molecule has 2 aromatic rings. The fourth-order valence-corrected chi connectivity index (χ4v) is 4.33. The number of benzene rings is 2. The number of carbonyl (C=O) groups excluding carboxylic acids is 2. The molecule has 0 saturated carbocycles. The van der Waals surface area contributed by atoms with Crippen LogP contribution in [0.4, 0.5) is 0 Å². The van der Waals surface area contributed by atoms with Crippen molar-refractivity contribution in [3.05, 3.63) is 95.6 Å². The van der Waals surface area contributed by atoms with Gasteiger partial charge in [-0.1, -0.05) is 78.9 Å². The molecule has 2 aliphatic carbocycles. The van der Waals surface area contributed by atoms with Crippen LogP contribution >= 0.6 is 0 Å². The zero-order valence-corrected chi connectivity index (χ0v) is 19.1. The second-order valence-electron chi connectivity index (χ2n) is 7.65. The van der Waals surface area contributed by atoms with Crippen LogP contribution in [-0.2, 0) is 9.47 Å². The van der Waals surface area contributed by atoms with E-state index >= 15 is 0 Å². The zero-order valence-electron chi connectivity index (χ0n) is 19.1. The molecule has 4 nitrogen and oxygen atoms in total. The first kappa shape index (κ1) is 22.3. The highest BCUT2D eigenvalue weighted by Crippen LogP contribution is 2.47. The lowest BCUT2D eigenvalue weighted by Crippen LogP contribution is -2.08. The minimum atomic E-state index is -0.446. The van der Waals surface area contributed by atoms with E-state index in [2.05, 4.69) is 0 Å². The highest BCUT2D eigenvalue weighted by Gasteiger charge is 2.34. The molecule has 0 amide bonds. The fourth-order valence-electron chi connectivity index (χ4n) is 4.33. The molecule has 0 aromatic heterocycles. The van der Waals surface area contributed by atoms with E-state index in [1.165, 1.54) is 0 Å². The van der Waals surface area contributed by atoms with Gasteiger partial charge in [-0.2, -0.15) is 0 Å². The Bertz CT molecular complexity index is 1160. The minimum Gasteiger partial charge on any atom is -0.462 e. The number of fused-ring (bicyclic) bond motifs is 1. The first-order valence-electron chi connectivity index (χ1n) is 11.1. The number of rotatable bonds is 6. The Morgan fingerprint density at radius 2 is 1.00 bits per heavy atom. The van der Waals surface area contributed by atoms with Crippen LogP contribution in [0.3, 0.4) is 0 Å². The lowest BCUT2D eigenvalue weighted by atomic mass is 9.92. The zero-order chi connectivity index (χ0) is 23.4. The van der Waals surface area contributed by atoms with E-state index in [1.54, 1.807) is 20.8 Å². The summed E-state index contributed by atoms with van der Waals surface area (Å²) in [6.45, 7) is 5.83. The van der Waals surface area contributed by atoms with E-state index in [0.717, 1.165) is 22.3 Å². The smallest absolute Gasteiger partial charge is 0.339 e. The molecular weight excluding hydrogens is 412 g/mol. The SMILES string of the molecule is CCOC(=O)c1c(C)c(C(=O)OCC)c2c(-c3ccccc3)cccc(-c3ccccc3)c1-2. The van der Waals surface area contributed by atoms with Crippen LogP contribution in [0.1, 0.15) is 40.1 Å².